The standard InChI is InChI=1S/C12H19F3N2O3S/c1-17-8-5-9(21(17,19)20)10(18)16-11(12(13,14)15)6-3-2-4-7-11/h9H,2-8H2,1H3,(H,16,18). The zero-order valence-corrected chi connectivity index (χ0v) is 12.6. The van der Waals surface area contributed by atoms with Gasteiger partial charge in [0.25, 0.3) is 0 Å². The molecular weight excluding hydrogens is 309 g/mol. The van der Waals surface area contributed by atoms with Gasteiger partial charge in [0.15, 0.2) is 5.25 Å². The van der Waals surface area contributed by atoms with E-state index in [9.17, 15) is 26.4 Å². The van der Waals surface area contributed by atoms with Crippen molar-refractivity contribution in [1.82, 2.24) is 9.62 Å². The minimum Gasteiger partial charge on any atom is -0.341 e. The number of carbonyl (C=O) groups excluding carboxylic acids is 1. The van der Waals surface area contributed by atoms with Crippen LogP contribution in [0.15, 0.2) is 0 Å². The lowest BCUT2D eigenvalue weighted by molar-refractivity contribution is -0.206. The number of sulfonamides is 1. The predicted octanol–water partition coefficient (Wildman–Crippen LogP) is 1.40. The van der Waals surface area contributed by atoms with Crippen molar-refractivity contribution in [3.05, 3.63) is 0 Å². The molecule has 0 radical (unpaired) electrons. The molecule has 21 heavy (non-hydrogen) atoms. The molecule has 1 N–H and O–H groups in total. The third kappa shape index (κ3) is 2.90. The van der Waals surface area contributed by atoms with E-state index in [4.69, 9.17) is 0 Å². The van der Waals surface area contributed by atoms with E-state index >= 15 is 0 Å². The van der Waals surface area contributed by atoms with Gasteiger partial charge in [-0.05, 0) is 19.3 Å². The van der Waals surface area contributed by atoms with Crippen molar-refractivity contribution in [2.24, 2.45) is 0 Å². The molecular formula is C12H19F3N2O3S. The molecule has 1 heterocycles. The fraction of sp³-hybridized carbons (Fsp3) is 0.917. The first-order valence-electron chi connectivity index (χ1n) is 6.94. The molecule has 5 nitrogen and oxygen atoms in total. The number of alkyl halides is 3. The number of nitrogens with one attached hydrogen (secondary N) is 1. The highest BCUT2D eigenvalue weighted by atomic mass is 32.2. The average molecular weight is 328 g/mol. The first-order chi connectivity index (χ1) is 9.60. The van der Waals surface area contributed by atoms with Crippen LogP contribution in [-0.4, -0.2) is 49.2 Å². The molecule has 9 heteroatoms. The SMILES string of the molecule is CN1CCC(C(=O)NC2(C(F)(F)F)CCCCC2)S1(=O)=O. The molecule has 1 saturated carbocycles. The number of hydrogen-bond acceptors (Lipinski definition) is 3. The Balaban J connectivity index is 2.20. The van der Waals surface area contributed by atoms with E-state index in [2.05, 4.69) is 0 Å². The Morgan fingerprint density at radius 3 is 2.24 bits per heavy atom. The van der Waals surface area contributed by atoms with Crippen LogP contribution in [-0.2, 0) is 14.8 Å². The fourth-order valence-electron chi connectivity index (χ4n) is 3.01. The lowest BCUT2D eigenvalue weighted by Gasteiger charge is -2.40. The van der Waals surface area contributed by atoms with Crippen molar-refractivity contribution in [3.8, 4) is 0 Å². The average Bonchev–Trinajstić information content (AvgIpc) is 2.64. The Morgan fingerprint density at radius 1 is 1.24 bits per heavy atom. The second-order valence-electron chi connectivity index (χ2n) is 5.77. The predicted molar refractivity (Wildman–Crippen MR) is 70.0 cm³/mol. The number of nitrogens with zero attached hydrogens (tertiary/aromatic N) is 1. The minimum atomic E-state index is -4.57. The van der Waals surface area contributed by atoms with Crippen LogP contribution in [0.5, 0.6) is 0 Å². The van der Waals surface area contributed by atoms with Crippen molar-refractivity contribution >= 4 is 15.9 Å². The summed E-state index contributed by atoms with van der Waals surface area (Å²) < 4.78 is 64.9. The van der Waals surface area contributed by atoms with Crippen LogP contribution in [0.1, 0.15) is 38.5 Å². The van der Waals surface area contributed by atoms with Crippen LogP contribution in [0, 0.1) is 0 Å². The largest absolute Gasteiger partial charge is 0.411 e. The normalized spacial score (nSPS) is 29.2. The lowest BCUT2D eigenvalue weighted by atomic mass is 9.81. The summed E-state index contributed by atoms with van der Waals surface area (Å²) >= 11 is 0. The topological polar surface area (TPSA) is 66.5 Å². The Morgan fingerprint density at radius 2 is 1.81 bits per heavy atom. The van der Waals surface area contributed by atoms with Gasteiger partial charge in [-0.1, -0.05) is 19.3 Å². The Kier molecular flexibility index (Phi) is 4.27. The van der Waals surface area contributed by atoms with Gasteiger partial charge < -0.3 is 5.32 Å². The molecule has 1 saturated heterocycles. The maximum absolute atomic E-state index is 13.3. The molecule has 2 fully saturated rings. The van der Waals surface area contributed by atoms with Crippen LogP contribution < -0.4 is 5.32 Å². The highest BCUT2D eigenvalue weighted by Gasteiger charge is 2.57. The number of halogens is 3. The molecule has 0 aromatic carbocycles. The van der Waals surface area contributed by atoms with Crippen molar-refractivity contribution in [2.45, 2.75) is 55.5 Å². The van der Waals surface area contributed by atoms with Gasteiger partial charge in [-0.3, -0.25) is 4.79 Å². The van der Waals surface area contributed by atoms with Crippen molar-refractivity contribution in [1.29, 1.82) is 0 Å². The second-order valence-corrected chi connectivity index (χ2v) is 8.00. The molecule has 0 aromatic heterocycles. The maximum Gasteiger partial charge on any atom is 0.411 e. The number of hydrogen-bond donors (Lipinski definition) is 1. The zero-order chi connectivity index (χ0) is 15.9. The molecule has 2 rings (SSSR count). The van der Waals surface area contributed by atoms with E-state index < -0.39 is 32.9 Å². The molecule has 122 valence electrons. The van der Waals surface area contributed by atoms with Gasteiger partial charge in [0.2, 0.25) is 15.9 Å². The summed E-state index contributed by atoms with van der Waals surface area (Å²) in [5, 5.41) is 0.607. The minimum absolute atomic E-state index is 0.0264. The van der Waals surface area contributed by atoms with E-state index in [1.165, 1.54) is 7.05 Å². The summed E-state index contributed by atoms with van der Waals surface area (Å²) in [6.45, 7) is 0.152. The van der Waals surface area contributed by atoms with Gasteiger partial charge in [0.1, 0.15) is 5.54 Å². The number of rotatable bonds is 2. The van der Waals surface area contributed by atoms with Gasteiger partial charge in [0.05, 0.1) is 0 Å². The second kappa shape index (κ2) is 5.42. The van der Waals surface area contributed by atoms with Gasteiger partial charge in [-0.15, -0.1) is 0 Å². The van der Waals surface area contributed by atoms with Crippen LogP contribution in [0.3, 0.4) is 0 Å². The summed E-state index contributed by atoms with van der Waals surface area (Å²) in [5.41, 5.74) is -2.28. The molecule has 2 aliphatic rings. The quantitative estimate of drug-likeness (QED) is 0.833. The van der Waals surface area contributed by atoms with Crippen molar-refractivity contribution < 1.29 is 26.4 Å². The summed E-state index contributed by atoms with van der Waals surface area (Å²) in [7, 11) is -2.51. The van der Waals surface area contributed by atoms with E-state index in [1.54, 1.807) is 0 Å². The first kappa shape index (κ1) is 16.5. The van der Waals surface area contributed by atoms with E-state index in [0.29, 0.717) is 19.3 Å². The molecule has 0 aromatic rings. The number of amides is 1. The van der Waals surface area contributed by atoms with E-state index in [-0.39, 0.29) is 25.8 Å². The van der Waals surface area contributed by atoms with Crippen molar-refractivity contribution in [3.63, 3.8) is 0 Å². The third-order valence-corrected chi connectivity index (χ3v) is 6.63. The molecule has 1 aliphatic carbocycles. The molecule has 1 atom stereocenters. The first-order valence-corrected chi connectivity index (χ1v) is 8.44. The molecule has 0 spiro atoms. The van der Waals surface area contributed by atoms with Gasteiger partial charge in [-0.25, -0.2) is 12.7 Å². The highest BCUT2D eigenvalue weighted by Crippen LogP contribution is 2.41. The maximum atomic E-state index is 13.3. The molecule has 1 amide bonds. The lowest BCUT2D eigenvalue weighted by Crippen LogP contribution is -2.61. The van der Waals surface area contributed by atoms with Gasteiger partial charge in [0, 0.05) is 13.6 Å². The Hall–Kier alpha value is -0.830. The van der Waals surface area contributed by atoms with Crippen molar-refractivity contribution in [2.75, 3.05) is 13.6 Å². The summed E-state index contributed by atoms with van der Waals surface area (Å²) in [6.07, 6.45) is -3.49. The summed E-state index contributed by atoms with van der Waals surface area (Å²) in [6, 6.07) is 0. The third-order valence-electron chi connectivity index (χ3n) is 4.40. The molecule has 0 bridgehead atoms. The Bertz CT molecular complexity index is 512. The zero-order valence-electron chi connectivity index (χ0n) is 11.7. The van der Waals surface area contributed by atoms with Crippen LogP contribution in [0.2, 0.25) is 0 Å². The summed E-state index contributed by atoms with van der Waals surface area (Å²) in [4.78, 5) is 12.1. The van der Waals surface area contributed by atoms with Gasteiger partial charge >= 0.3 is 6.18 Å². The monoisotopic (exact) mass is 328 g/mol. The van der Waals surface area contributed by atoms with Crippen LogP contribution >= 0.6 is 0 Å². The highest BCUT2D eigenvalue weighted by molar-refractivity contribution is 7.90. The van der Waals surface area contributed by atoms with E-state index in [0.717, 1.165) is 4.31 Å². The Labute approximate surface area is 121 Å². The van der Waals surface area contributed by atoms with Crippen LogP contribution in [0.25, 0.3) is 0 Å². The van der Waals surface area contributed by atoms with Crippen LogP contribution in [0.4, 0.5) is 13.2 Å². The number of carbonyl (C=O) groups is 1. The molecule has 1 unspecified atom stereocenters. The van der Waals surface area contributed by atoms with Gasteiger partial charge in [-0.2, -0.15) is 13.2 Å². The van der Waals surface area contributed by atoms with E-state index in [1.807, 2.05) is 5.32 Å². The smallest absolute Gasteiger partial charge is 0.341 e. The summed E-state index contributed by atoms with van der Waals surface area (Å²) in [5.74, 6) is -1.03. The molecule has 1 aliphatic heterocycles. The fourth-order valence-corrected chi connectivity index (χ4v) is 4.54.